The van der Waals surface area contributed by atoms with E-state index in [-0.39, 0.29) is 23.7 Å². The zero-order chi connectivity index (χ0) is 21.8. The first-order valence-electron chi connectivity index (χ1n) is 9.27. The van der Waals surface area contributed by atoms with E-state index >= 15 is 0 Å². The summed E-state index contributed by atoms with van der Waals surface area (Å²) in [4.78, 5) is 20.4. The van der Waals surface area contributed by atoms with E-state index in [0.717, 1.165) is 11.6 Å². The predicted octanol–water partition coefficient (Wildman–Crippen LogP) is 5.72. The lowest BCUT2D eigenvalue weighted by Crippen LogP contribution is -2.29. The zero-order valence-electron chi connectivity index (χ0n) is 15.7. The third-order valence-corrected chi connectivity index (χ3v) is 6.20. The fourth-order valence-electron chi connectivity index (χ4n) is 3.74. The summed E-state index contributed by atoms with van der Waals surface area (Å²) in [6.45, 7) is 0.271. The summed E-state index contributed by atoms with van der Waals surface area (Å²) in [6, 6.07) is 9.83. The normalized spacial score (nSPS) is 16.8. The predicted molar refractivity (Wildman–Crippen MR) is 109 cm³/mol. The molecule has 1 fully saturated rings. The number of aromatic nitrogens is 2. The number of H-pyrrole nitrogens is 1. The number of carbonyl (C=O) groups is 1. The van der Waals surface area contributed by atoms with Gasteiger partial charge in [0.05, 0.1) is 23.4 Å². The molecule has 0 aliphatic carbocycles. The van der Waals surface area contributed by atoms with E-state index in [9.17, 15) is 22.4 Å². The fourth-order valence-corrected chi connectivity index (χ4v) is 4.51. The molecule has 158 valence electrons. The van der Waals surface area contributed by atoms with Crippen molar-refractivity contribution < 1.29 is 22.4 Å². The van der Waals surface area contributed by atoms with Gasteiger partial charge in [-0.1, -0.05) is 12.1 Å². The molecule has 31 heavy (non-hydrogen) atoms. The first-order valence-corrected chi connectivity index (χ1v) is 10.1. The van der Waals surface area contributed by atoms with Crippen molar-refractivity contribution in [1.29, 1.82) is 0 Å². The first-order chi connectivity index (χ1) is 14.8. The average Bonchev–Trinajstić information content (AvgIpc) is 3.46. The van der Waals surface area contributed by atoms with Gasteiger partial charge in [-0.05, 0) is 46.8 Å². The topological polar surface area (TPSA) is 61.0 Å². The molecule has 2 aromatic heterocycles. The molecule has 1 saturated heterocycles. The molecular formula is C21H14F4N4OS. The van der Waals surface area contributed by atoms with Crippen molar-refractivity contribution in [3.8, 4) is 11.1 Å². The van der Waals surface area contributed by atoms with Crippen LogP contribution in [-0.2, 0) is 6.18 Å². The van der Waals surface area contributed by atoms with Gasteiger partial charge in [0, 0.05) is 17.8 Å². The largest absolute Gasteiger partial charge is 0.425 e. The van der Waals surface area contributed by atoms with Gasteiger partial charge in [0.25, 0.3) is 0 Å². The number of imidazole rings is 1. The maximum Gasteiger partial charge on any atom is 0.425 e. The van der Waals surface area contributed by atoms with Crippen molar-refractivity contribution in [3.05, 3.63) is 70.4 Å². The highest BCUT2D eigenvalue weighted by atomic mass is 32.1. The van der Waals surface area contributed by atoms with Gasteiger partial charge in [0.15, 0.2) is 0 Å². The molecule has 0 radical (unpaired) electrons. The summed E-state index contributed by atoms with van der Waals surface area (Å²) >= 11 is 0.526. The molecule has 0 bridgehead atoms. The molecule has 10 heteroatoms. The Balaban J connectivity index is 1.48. The number of nitrogens with zero attached hydrogens (tertiary/aromatic N) is 2. The molecule has 2 amide bonds. The minimum absolute atomic E-state index is 0.0808. The Morgan fingerprint density at radius 1 is 1.13 bits per heavy atom. The molecule has 1 aliphatic rings. The second kappa shape index (κ2) is 7.09. The third kappa shape index (κ3) is 3.42. The smallest absolute Gasteiger partial charge is 0.345 e. The van der Waals surface area contributed by atoms with Crippen LogP contribution < -0.4 is 10.2 Å². The molecule has 4 aromatic rings. The van der Waals surface area contributed by atoms with Crippen LogP contribution in [0.4, 0.5) is 28.0 Å². The second-order valence-corrected chi connectivity index (χ2v) is 8.02. The number of alkyl halides is 3. The van der Waals surface area contributed by atoms with E-state index in [1.54, 1.807) is 30.6 Å². The number of thiophene rings is 1. The lowest BCUT2D eigenvalue weighted by molar-refractivity contribution is -0.134. The number of fused-ring (bicyclic) bond motifs is 1. The quantitative estimate of drug-likeness (QED) is 0.396. The van der Waals surface area contributed by atoms with Gasteiger partial charge in [-0.25, -0.2) is 14.2 Å². The van der Waals surface area contributed by atoms with Gasteiger partial charge in [-0.2, -0.15) is 13.2 Å². The average molecular weight is 446 g/mol. The van der Waals surface area contributed by atoms with Crippen molar-refractivity contribution in [2.45, 2.75) is 12.2 Å². The number of urea groups is 1. The van der Waals surface area contributed by atoms with Crippen LogP contribution in [0.1, 0.15) is 16.5 Å². The molecule has 5 nitrogen and oxygen atoms in total. The van der Waals surface area contributed by atoms with Crippen molar-refractivity contribution in [3.63, 3.8) is 0 Å². The van der Waals surface area contributed by atoms with Gasteiger partial charge in [-0.15, -0.1) is 11.3 Å². The maximum absolute atomic E-state index is 14.9. The molecule has 1 aliphatic heterocycles. The summed E-state index contributed by atoms with van der Waals surface area (Å²) in [6.07, 6.45) is -2.91. The van der Waals surface area contributed by atoms with Crippen molar-refractivity contribution in [1.82, 2.24) is 15.3 Å². The number of hydrogen-bond donors (Lipinski definition) is 2. The Kier molecular flexibility index (Phi) is 4.47. The number of nitrogens with one attached hydrogen (secondary N) is 2. The Hall–Kier alpha value is -3.40. The van der Waals surface area contributed by atoms with Crippen LogP contribution in [0, 0.1) is 5.82 Å². The van der Waals surface area contributed by atoms with Crippen LogP contribution in [0.3, 0.4) is 0 Å². The lowest BCUT2D eigenvalue weighted by Gasteiger charge is -2.24. The number of anilines is 1. The molecule has 2 N–H and O–H groups in total. The van der Waals surface area contributed by atoms with Crippen LogP contribution >= 0.6 is 11.3 Å². The highest BCUT2D eigenvalue weighted by Crippen LogP contribution is 2.39. The van der Waals surface area contributed by atoms with Gasteiger partial charge < -0.3 is 10.3 Å². The molecule has 0 saturated carbocycles. The Morgan fingerprint density at radius 2 is 1.97 bits per heavy atom. The maximum atomic E-state index is 14.9. The number of carbonyl (C=O) groups excluding carboxylic acids is 1. The Labute approximate surface area is 177 Å². The zero-order valence-corrected chi connectivity index (χ0v) is 16.5. The standard InChI is InChI=1S/C21H14F4N4OS/c22-15-5-11(1-3-14(15)12-6-19(31-9-12)21(23,24)25)18-8-26-20(30)29(18)13-2-4-16-17(7-13)28-10-27-16/h1-7,9-10,18H,8H2,(H,26,30)(H,27,28)/t18-/m0/s1. The molecule has 2 aromatic carbocycles. The number of hydrogen-bond acceptors (Lipinski definition) is 3. The summed E-state index contributed by atoms with van der Waals surface area (Å²) in [5, 5.41) is 4.04. The summed E-state index contributed by atoms with van der Waals surface area (Å²) in [7, 11) is 0. The minimum Gasteiger partial charge on any atom is -0.345 e. The Morgan fingerprint density at radius 3 is 2.71 bits per heavy atom. The monoisotopic (exact) mass is 446 g/mol. The number of aromatic amines is 1. The van der Waals surface area contributed by atoms with Crippen LogP contribution in [0.2, 0.25) is 0 Å². The van der Waals surface area contributed by atoms with E-state index in [4.69, 9.17) is 0 Å². The van der Waals surface area contributed by atoms with Crippen molar-refractivity contribution in [2.75, 3.05) is 11.4 Å². The summed E-state index contributed by atoms with van der Waals surface area (Å²) in [5.41, 5.74) is 2.91. The van der Waals surface area contributed by atoms with E-state index in [2.05, 4.69) is 15.3 Å². The molecule has 3 heterocycles. The number of amides is 2. The van der Waals surface area contributed by atoms with E-state index in [1.807, 2.05) is 0 Å². The van der Waals surface area contributed by atoms with Gasteiger partial charge in [-0.3, -0.25) is 4.90 Å². The molecular weight excluding hydrogens is 432 g/mol. The van der Waals surface area contributed by atoms with E-state index in [1.165, 1.54) is 22.4 Å². The summed E-state index contributed by atoms with van der Waals surface area (Å²) < 4.78 is 53.5. The number of benzene rings is 2. The number of rotatable bonds is 3. The van der Waals surface area contributed by atoms with Gasteiger partial charge in [0.2, 0.25) is 0 Å². The fraction of sp³-hybridized carbons (Fsp3) is 0.143. The highest BCUT2D eigenvalue weighted by molar-refractivity contribution is 7.10. The molecule has 5 rings (SSSR count). The first kappa shape index (κ1) is 19.6. The summed E-state index contributed by atoms with van der Waals surface area (Å²) in [5.74, 6) is -0.647. The SMILES string of the molecule is O=C1NC[C@@H](c2ccc(-c3csc(C(F)(F)F)c3)c(F)c2)N1c1ccc2[nH]cnc2c1. The van der Waals surface area contributed by atoms with Crippen LogP contribution in [0.15, 0.2) is 54.2 Å². The lowest BCUT2D eigenvalue weighted by atomic mass is 10.0. The Bertz CT molecular complexity index is 1300. The highest BCUT2D eigenvalue weighted by Gasteiger charge is 2.35. The molecule has 1 atom stereocenters. The van der Waals surface area contributed by atoms with Crippen LogP contribution in [0.5, 0.6) is 0 Å². The van der Waals surface area contributed by atoms with Crippen molar-refractivity contribution >= 4 is 34.1 Å². The number of halogens is 4. The molecule has 0 spiro atoms. The third-order valence-electron chi connectivity index (χ3n) is 5.23. The molecule has 0 unspecified atom stereocenters. The van der Waals surface area contributed by atoms with Crippen LogP contribution in [0.25, 0.3) is 22.2 Å². The van der Waals surface area contributed by atoms with Gasteiger partial charge >= 0.3 is 12.2 Å². The van der Waals surface area contributed by atoms with Gasteiger partial charge in [0.1, 0.15) is 10.7 Å². The van der Waals surface area contributed by atoms with E-state index in [0.29, 0.717) is 28.1 Å². The van der Waals surface area contributed by atoms with E-state index < -0.39 is 22.9 Å². The second-order valence-electron chi connectivity index (χ2n) is 7.11. The van der Waals surface area contributed by atoms with Crippen LogP contribution in [-0.4, -0.2) is 22.5 Å². The minimum atomic E-state index is -4.47. The van der Waals surface area contributed by atoms with Crippen molar-refractivity contribution in [2.24, 2.45) is 0 Å².